The van der Waals surface area contributed by atoms with Gasteiger partial charge in [0.15, 0.2) is 5.82 Å². The van der Waals surface area contributed by atoms with E-state index >= 15 is 0 Å². The van der Waals surface area contributed by atoms with Crippen LogP contribution in [0.1, 0.15) is 11.7 Å². The Morgan fingerprint density at radius 2 is 0.898 bits per heavy atom. The normalized spacial score (nSPS) is 13.7. The summed E-state index contributed by atoms with van der Waals surface area (Å²) in [6, 6.07) is 75.3. The van der Waals surface area contributed by atoms with Gasteiger partial charge in [-0.3, -0.25) is 4.90 Å². The minimum Gasteiger partial charge on any atom is -0.358 e. The molecule has 0 fully saturated rings. The smallest absolute Gasteiger partial charge is 0.159 e. The van der Waals surface area contributed by atoms with Crippen molar-refractivity contribution in [2.75, 3.05) is 10.2 Å². The predicted molar refractivity (Wildman–Crippen MR) is 249 cm³/mol. The lowest BCUT2D eigenvalue weighted by Crippen LogP contribution is -2.24. The lowest BCUT2D eigenvalue weighted by atomic mass is 9.88. The Hall–Kier alpha value is -7.75. The van der Waals surface area contributed by atoms with Crippen LogP contribution in [-0.4, -0.2) is 4.98 Å². The molecule has 11 aromatic rings. The van der Waals surface area contributed by atoms with E-state index in [1.807, 2.05) is 6.20 Å². The standard InChI is InChI=1S/C56H37N3/c1-2-18-44(19-3-1)59-55(58-54-47(28-29-57-56(54)59)40-27-26-36-14-4-5-15-37(36)30-40)43-32-41(52-34-38-16-6-8-20-45(38)48-22-10-12-24-50(48)52)31-42(33-43)53-35-39-17-7-9-21-46(39)49-23-11-13-25-51(49)53/h1-35,55,58H. The van der Waals surface area contributed by atoms with Gasteiger partial charge < -0.3 is 5.32 Å². The molecule has 0 spiro atoms. The average molecular weight is 752 g/mol. The Morgan fingerprint density at radius 3 is 1.53 bits per heavy atom. The molecule has 3 nitrogen and oxygen atoms in total. The molecule has 12 rings (SSSR count). The van der Waals surface area contributed by atoms with Gasteiger partial charge in [-0.1, -0.05) is 152 Å². The van der Waals surface area contributed by atoms with Crippen LogP contribution in [0.5, 0.6) is 0 Å². The molecule has 0 saturated heterocycles. The summed E-state index contributed by atoms with van der Waals surface area (Å²) in [6.07, 6.45) is 1.70. The molecule has 59 heavy (non-hydrogen) atoms. The summed E-state index contributed by atoms with van der Waals surface area (Å²) < 4.78 is 0. The Labute approximate surface area is 342 Å². The van der Waals surface area contributed by atoms with Crippen molar-refractivity contribution < 1.29 is 0 Å². The highest BCUT2D eigenvalue weighted by Gasteiger charge is 2.35. The van der Waals surface area contributed by atoms with Crippen molar-refractivity contribution in [2.24, 2.45) is 0 Å². The maximum atomic E-state index is 5.12. The quantitative estimate of drug-likeness (QED) is 0.178. The van der Waals surface area contributed by atoms with Crippen molar-refractivity contribution >= 4 is 71.1 Å². The fraction of sp³-hybridized carbons (Fsp3) is 0.0179. The summed E-state index contributed by atoms with van der Waals surface area (Å²) in [4.78, 5) is 7.49. The number of pyridine rings is 1. The molecule has 1 aliphatic heterocycles. The van der Waals surface area contributed by atoms with Crippen LogP contribution in [0.2, 0.25) is 0 Å². The maximum absolute atomic E-state index is 5.12. The molecule has 0 bridgehead atoms. The van der Waals surface area contributed by atoms with Gasteiger partial charge in [0.25, 0.3) is 0 Å². The monoisotopic (exact) mass is 751 g/mol. The Balaban J connectivity index is 1.13. The molecule has 0 saturated carbocycles. The van der Waals surface area contributed by atoms with Gasteiger partial charge in [-0.05, 0) is 142 Å². The molecule has 276 valence electrons. The van der Waals surface area contributed by atoms with Gasteiger partial charge in [-0.2, -0.15) is 0 Å². The third-order valence-corrected chi connectivity index (χ3v) is 12.2. The molecule has 1 aliphatic rings. The molecule has 1 N–H and O–H groups in total. The lowest BCUT2D eigenvalue weighted by Gasteiger charge is -2.27. The topological polar surface area (TPSA) is 28.2 Å². The molecule has 1 unspecified atom stereocenters. The van der Waals surface area contributed by atoms with Crippen LogP contribution < -0.4 is 10.2 Å². The third kappa shape index (κ3) is 5.47. The number of benzene rings is 10. The van der Waals surface area contributed by atoms with E-state index in [-0.39, 0.29) is 6.17 Å². The number of rotatable bonds is 5. The van der Waals surface area contributed by atoms with Crippen molar-refractivity contribution in [3.8, 4) is 33.4 Å². The molecule has 2 heterocycles. The highest BCUT2D eigenvalue weighted by atomic mass is 15.4. The fourth-order valence-electron chi connectivity index (χ4n) is 9.50. The second-order valence-corrected chi connectivity index (χ2v) is 15.6. The highest BCUT2D eigenvalue weighted by Crippen LogP contribution is 2.50. The van der Waals surface area contributed by atoms with E-state index in [0.29, 0.717) is 0 Å². The van der Waals surface area contributed by atoms with Crippen LogP contribution in [0.4, 0.5) is 17.2 Å². The molecule has 0 amide bonds. The molecule has 10 aromatic carbocycles. The number of fused-ring (bicyclic) bond motifs is 8. The summed E-state index contributed by atoms with van der Waals surface area (Å²) in [6.45, 7) is 0. The van der Waals surface area contributed by atoms with Crippen LogP contribution in [0.15, 0.2) is 212 Å². The summed E-state index contributed by atoms with van der Waals surface area (Å²) in [5, 5.41) is 16.5. The average Bonchev–Trinajstić information content (AvgIpc) is 3.71. The van der Waals surface area contributed by atoms with Crippen LogP contribution in [0.3, 0.4) is 0 Å². The first-order valence-corrected chi connectivity index (χ1v) is 20.3. The predicted octanol–water partition coefficient (Wildman–Crippen LogP) is 15.1. The molecular weight excluding hydrogens is 715 g/mol. The zero-order valence-corrected chi connectivity index (χ0v) is 32.2. The first kappa shape index (κ1) is 33.4. The number of anilines is 3. The number of nitrogens with one attached hydrogen (secondary N) is 1. The first-order valence-electron chi connectivity index (χ1n) is 20.3. The molecule has 0 aliphatic carbocycles. The molecular formula is C56H37N3. The zero-order valence-electron chi connectivity index (χ0n) is 32.2. The fourth-order valence-corrected chi connectivity index (χ4v) is 9.50. The molecule has 0 radical (unpaired) electrons. The summed E-state index contributed by atoms with van der Waals surface area (Å²) in [5.41, 5.74) is 10.3. The Morgan fingerprint density at radius 1 is 0.373 bits per heavy atom. The van der Waals surface area contributed by atoms with Gasteiger partial charge in [0, 0.05) is 17.4 Å². The van der Waals surface area contributed by atoms with E-state index in [9.17, 15) is 0 Å². The van der Waals surface area contributed by atoms with Crippen molar-refractivity contribution in [3.63, 3.8) is 0 Å². The second kappa shape index (κ2) is 13.4. The maximum Gasteiger partial charge on any atom is 0.159 e. The van der Waals surface area contributed by atoms with Crippen LogP contribution in [0.25, 0.3) is 87.2 Å². The van der Waals surface area contributed by atoms with Crippen molar-refractivity contribution in [2.45, 2.75) is 6.17 Å². The van der Waals surface area contributed by atoms with E-state index in [4.69, 9.17) is 4.98 Å². The Bertz CT molecular complexity index is 3310. The van der Waals surface area contributed by atoms with Gasteiger partial charge >= 0.3 is 0 Å². The molecule has 1 aromatic heterocycles. The van der Waals surface area contributed by atoms with E-state index in [0.717, 1.165) is 33.9 Å². The number of hydrogen-bond donors (Lipinski definition) is 1. The van der Waals surface area contributed by atoms with E-state index in [1.165, 1.54) is 76.1 Å². The first-order chi connectivity index (χ1) is 29.2. The molecule has 1 atom stereocenters. The summed E-state index contributed by atoms with van der Waals surface area (Å²) in [5.74, 6) is 0.908. The largest absolute Gasteiger partial charge is 0.358 e. The van der Waals surface area contributed by atoms with Gasteiger partial charge in [-0.15, -0.1) is 0 Å². The number of hydrogen-bond acceptors (Lipinski definition) is 3. The Kier molecular flexibility index (Phi) is 7.60. The van der Waals surface area contributed by atoms with E-state index in [1.54, 1.807) is 0 Å². The van der Waals surface area contributed by atoms with Gasteiger partial charge in [0.2, 0.25) is 0 Å². The van der Waals surface area contributed by atoms with Gasteiger partial charge in [0.05, 0.1) is 5.69 Å². The van der Waals surface area contributed by atoms with Crippen molar-refractivity contribution in [1.29, 1.82) is 0 Å². The summed E-state index contributed by atoms with van der Waals surface area (Å²) in [7, 11) is 0. The van der Waals surface area contributed by atoms with Crippen LogP contribution in [0, 0.1) is 0 Å². The minimum atomic E-state index is -0.251. The van der Waals surface area contributed by atoms with E-state index in [2.05, 4.69) is 216 Å². The lowest BCUT2D eigenvalue weighted by molar-refractivity contribution is 0.821. The van der Waals surface area contributed by atoms with Gasteiger partial charge in [0.1, 0.15) is 6.17 Å². The summed E-state index contributed by atoms with van der Waals surface area (Å²) >= 11 is 0. The van der Waals surface area contributed by atoms with Crippen molar-refractivity contribution in [3.05, 3.63) is 218 Å². The van der Waals surface area contributed by atoms with Crippen molar-refractivity contribution in [1.82, 2.24) is 4.98 Å². The number of para-hydroxylation sites is 1. The van der Waals surface area contributed by atoms with Crippen LogP contribution >= 0.6 is 0 Å². The van der Waals surface area contributed by atoms with E-state index < -0.39 is 0 Å². The number of nitrogens with zero attached hydrogens (tertiary/aromatic N) is 2. The minimum absolute atomic E-state index is 0.251. The third-order valence-electron chi connectivity index (χ3n) is 12.2. The zero-order chi connectivity index (χ0) is 38.9. The van der Waals surface area contributed by atoms with Gasteiger partial charge in [-0.25, -0.2) is 4.98 Å². The second-order valence-electron chi connectivity index (χ2n) is 15.6. The SMILES string of the molecule is c1ccc(N2c3nccc(-c4ccc5ccccc5c4)c3NC2c2cc(-c3cc4ccccc4c4ccccc34)cc(-c3cc4ccccc4c4ccccc34)c2)cc1. The highest BCUT2D eigenvalue weighted by molar-refractivity contribution is 6.16. The van der Waals surface area contributed by atoms with Crippen LogP contribution in [-0.2, 0) is 0 Å². The number of aromatic nitrogens is 1. The molecule has 3 heteroatoms.